The third-order valence-electron chi connectivity index (χ3n) is 27.2. The molecule has 15 nitrogen and oxygen atoms in total. The van der Waals surface area contributed by atoms with Gasteiger partial charge in [0, 0.05) is 127 Å². The zero-order valence-electron chi connectivity index (χ0n) is 85.4. The molecule has 20 aromatic rings. The van der Waals surface area contributed by atoms with Crippen LogP contribution in [0.5, 0.6) is 0 Å². The zero-order chi connectivity index (χ0) is 101. The topological polar surface area (TPSA) is 110 Å². The SMILES string of the molecule is CC1=NN(c2[c-]c(B(c3[c-]c(-n4cc(-c5ccccc5)c(-c5ccccc5)n4)ccc3)c3c(C)cc(C)cc3C)ccc2)[CH-]N1c1ccccc1.CC1=NN(c2[c-]c(B(c3[c-]c(-n4cc(C)c(-c5ccccc5)n4)ccc3)c3c(C)cc(C)cc3C)ccc2)[CH-]N1c1ccccc1.Cc1cc(C)c(B(c2[c-]c(N3[CH-]N(c4ccccc4)C=N3)ccc2)c2[c-]c(-n3cc(-c4ccccc4)c(-c4ccccc4)n3)ccc2)c(C)c1.[Pt].[Pt].[Pt]. The van der Waals surface area contributed by atoms with E-state index in [2.05, 4.69) is 425 Å². The maximum Gasteiger partial charge on any atom is 0.192 e. The fraction of sp³-hybridized carbons (Fsp3) is 0.0930. The molecule has 23 rings (SSSR count). The van der Waals surface area contributed by atoms with Gasteiger partial charge in [-0.2, -0.15) is 173 Å². The van der Waals surface area contributed by atoms with Crippen LogP contribution in [0.15, 0.2) is 422 Å². The van der Waals surface area contributed by atoms with Crippen LogP contribution in [-0.4, -0.2) is 67.5 Å². The van der Waals surface area contributed by atoms with Crippen molar-refractivity contribution in [3.05, 3.63) is 519 Å². The van der Waals surface area contributed by atoms with Crippen molar-refractivity contribution in [1.29, 1.82) is 0 Å². The molecule has 0 fully saturated rings. The number of amidine groups is 2. The molecule has 3 aliphatic rings. The molecule has 0 spiro atoms. The Morgan fingerprint density at radius 3 is 0.800 bits per heavy atom. The van der Waals surface area contributed by atoms with Crippen LogP contribution in [-0.2, 0) is 63.2 Å². The molecule has 0 bridgehead atoms. The van der Waals surface area contributed by atoms with Gasteiger partial charge in [0.15, 0.2) is 20.1 Å². The molecule has 17 aromatic carbocycles. The summed E-state index contributed by atoms with van der Waals surface area (Å²) in [5, 5.41) is 35.5. The molecule has 0 aliphatic carbocycles. The largest absolute Gasteiger partial charge is 0.463 e. The normalized spacial score (nSPS) is 12.4. The predicted octanol–water partition coefficient (Wildman–Crippen LogP) is 22.3. The first-order valence-corrected chi connectivity index (χ1v) is 49.8. The molecule has 0 saturated heterocycles. The molecule has 21 heteroatoms. The van der Waals surface area contributed by atoms with Crippen LogP contribution in [0.4, 0.5) is 34.1 Å². The fourth-order valence-electron chi connectivity index (χ4n) is 20.7. The van der Waals surface area contributed by atoms with Gasteiger partial charge in [-0.05, 0) is 153 Å². The Morgan fingerprint density at radius 1 is 0.233 bits per heavy atom. The van der Waals surface area contributed by atoms with Crippen molar-refractivity contribution in [2.75, 3.05) is 29.7 Å². The third kappa shape index (κ3) is 22.7. The Labute approximate surface area is 926 Å². The van der Waals surface area contributed by atoms with Gasteiger partial charge in [0.1, 0.15) is 11.4 Å². The van der Waals surface area contributed by atoms with E-state index in [1.165, 1.54) is 66.5 Å². The number of rotatable bonds is 23. The minimum absolute atomic E-state index is 0. The number of hydrogen-bond acceptors (Lipinski definition) is 12. The summed E-state index contributed by atoms with van der Waals surface area (Å²) >= 11 is 0. The molecule has 150 heavy (non-hydrogen) atoms. The maximum atomic E-state index is 5.17. The first-order chi connectivity index (χ1) is 71.8. The van der Waals surface area contributed by atoms with Crippen molar-refractivity contribution >= 4 is 121 Å². The van der Waals surface area contributed by atoms with Gasteiger partial charge in [-0.1, -0.05) is 326 Å². The summed E-state index contributed by atoms with van der Waals surface area (Å²) in [5.41, 5.74) is 41.4. The van der Waals surface area contributed by atoms with Gasteiger partial charge in [-0.15, -0.1) is 56.4 Å². The second-order valence-corrected chi connectivity index (χ2v) is 37.9. The number of hydrogen-bond donors (Lipinski definition) is 0. The molecule has 0 radical (unpaired) electrons. The van der Waals surface area contributed by atoms with Gasteiger partial charge in [0.2, 0.25) is 0 Å². The van der Waals surface area contributed by atoms with E-state index in [-0.39, 0.29) is 83.3 Å². The average Bonchev–Trinajstić information content (AvgIpc) is 1.34. The van der Waals surface area contributed by atoms with Gasteiger partial charge in [0.25, 0.3) is 0 Å². The summed E-state index contributed by atoms with van der Waals surface area (Å²) in [6.07, 6.45) is 8.16. The van der Waals surface area contributed by atoms with Crippen molar-refractivity contribution < 1.29 is 63.2 Å². The van der Waals surface area contributed by atoms with Crippen LogP contribution in [0, 0.1) is 126 Å². The van der Waals surface area contributed by atoms with Gasteiger partial charge in [0.05, 0.1) is 23.7 Å². The van der Waals surface area contributed by atoms with E-state index in [4.69, 9.17) is 30.6 Å². The molecule has 3 aromatic heterocycles. The van der Waals surface area contributed by atoms with Crippen molar-refractivity contribution in [3.8, 4) is 73.1 Å². The quantitative estimate of drug-likeness (QED) is 0.0457. The zero-order valence-corrected chi connectivity index (χ0v) is 92.2. The summed E-state index contributed by atoms with van der Waals surface area (Å²) in [7, 11) is 0. The third-order valence-corrected chi connectivity index (χ3v) is 27.2. The molecule has 3 aliphatic heterocycles. The average molecular weight is 2490 g/mol. The summed E-state index contributed by atoms with van der Waals surface area (Å²) < 4.78 is 5.88. The molecule has 0 amide bonds. The molecule has 0 unspecified atom stereocenters. The number of aryl methyl sites for hydroxylation is 10. The molecule has 746 valence electrons. The Bertz CT molecular complexity index is 8050. The second-order valence-electron chi connectivity index (χ2n) is 37.9. The summed E-state index contributed by atoms with van der Waals surface area (Å²) in [5.74, 6) is 1.80. The van der Waals surface area contributed by atoms with Crippen LogP contribution >= 0.6 is 0 Å². The molecule has 0 atom stereocenters. The fourth-order valence-corrected chi connectivity index (χ4v) is 20.7. The summed E-state index contributed by atoms with van der Waals surface area (Å²) in [6.45, 7) is 31.6. The van der Waals surface area contributed by atoms with Crippen molar-refractivity contribution in [3.63, 3.8) is 0 Å². The van der Waals surface area contributed by atoms with Gasteiger partial charge in [-0.25, -0.2) is 0 Å². The second kappa shape index (κ2) is 46.9. The van der Waals surface area contributed by atoms with Crippen LogP contribution < -0.4 is 78.9 Å². The number of hydrazone groups is 3. The summed E-state index contributed by atoms with van der Waals surface area (Å²) in [6, 6.07) is 157. The van der Waals surface area contributed by atoms with E-state index in [0.717, 1.165) is 157 Å². The van der Waals surface area contributed by atoms with Crippen LogP contribution in [0.1, 0.15) is 69.5 Å². The Morgan fingerprint density at radius 2 is 0.487 bits per heavy atom. The van der Waals surface area contributed by atoms with E-state index >= 15 is 0 Å². The first-order valence-electron chi connectivity index (χ1n) is 49.8. The van der Waals surface area contributed by atoms with Crippen LogP contribution in [0.3, 0.4) is 0 Å². The van der Waals surface area contributed by atoms with E-state index in [1.54, 1.807) is 0 Å². The number of aromatic nitrogens is 6. The minimum Gasteiger partial charge on any atom is -0.463 e. The van der Waals surface area contributed by atoms with Crippen molar-refractivity contribution in [1.82, 2.24) is 29.3 Å². The van der Waals surface area contributed by atoms with E-state index in [0.29, 0.717) is 0 Å². The molecular weight excluding hydrogens is 2380 g/mol. The molecule has 0 saturated carbocycles. The molecular formula is C129H107B3N15Pt3-9. The smallest absolute Gasteiger partial charge is 0.192 e. The van der Waals surface area contributed by atoms with E-state index in [9.17, 15) is 0 Å². The minimum atomic E-state index is -0.124. The van der Waals surface area contributed by atoms with Crippen molar-refractivity contribution in [2.45, 2.75) is 83.1 Å². The van der Waals surface area contributed by atoms with Crippen LogP contribution in [0.2, 0.25) is 0 Å². The monoisotopic (exact) mass is 2480 g/mol. The number of para-hydroxylation sites is 3. The van der Waals surface area contributed by atoms with E-state index in [1.807, 2.05) is 171 Å². The van der Waals surface area contributed by atoms with Gasteiger partial charge >= 0.3 is 0 Å². The van der Waals surface area contributed by atoms with E-state index < -0.39 is 0 Å². The Hall–Kier alpha value is -15.6. The summed E-state index contributed by atoms with van der Waals surface area (Å²) in [4.78, 5) is 6.21. The molecule has 6 heterocycles. The van der Waals surface area contributed by atoms with Gasteiger partial charge in [-0.3, -0.25) is 14.0 Å². The standard InChI is InChI=1S/C45H37BN5.C44H35BN5.C40H35BN5.3Pt/c1-32-26-33(2)44(34(3)27-32)46(39-21-15-25-42(29-39)51-31-49(35(4)47-51)40-22-12-7-13-23-40)38-20-14-24-41(28-38)50-30-43(36-16-8-5-9-17-36)45(48-50)37-18-10-6-11-19-37;1-32-25-33(2)43(34(3)26-32)45(38-20-14-24-41(28-38)50-31-48(30-46-50)39-21-11-6-12-22-39)37-19-13-23-40(27-37)49-29-42(35-15-7-4-8-16-35)44(47-49)36-17-9-5-10-18-36;1-28-22-29(2)39(30(3)23-28)41(34-16-12-20-37(24-34)45-26-31(4)40(43-45)33-14-8-6-9-15-33)35-17-13-21-38(25-35)46-27-44(32(5)42-46)36-18-10-7-11-19-36;;;/h5-27,30-31H,1-4H3;4-26,29-31H,1-3H3;6-23,26-27H,1-5H3;;;/q3*-3;;;. The Kier molecular flexibility index (Phi) is 32.6. The molecule has 0 N–H and O–H groups in total. The Balaban J connectivity index is 0.000000146. The van der Waals surface area contributed by atoms with Crippen LogP contribution in [0.25, 0.3) is 73.1 Å². The van der Waals surface area contributed by atoms with Gasteiger partial charge < -0.3 is 29.7 Å². The number of benzene rings is 17. The first kappa shape index (κ1) is 104. The maximum absolute atomic E-state index is 5.17. The van der Waals surface area contributed by atoms with Crippen molar-refractivity contribution in [2.24, 2.45) is 15.3 Å². The predicted molar refractivity (Wildman–Crippen MR) is 613 cm³/mol. The number of nitrogens with zero attached hydrogens (tertiary/aromatic N) is 15. The number of anilines is 6.